The average molecular weight is 215 g/mol. The van der Waals surface area contributed by atoms with E-state index in [-0.39, 0.29) is 11.8 Å². The van der Waals surface area contributed by atoms with E-state index in [9.17, 15) is 14.0 Å². The van der Waals surface area contributed by atoms with Crippen molar-refractivity contribution in [3.63, 3.8) is 0 Å². The van der Waals surface area contributed by atoms with Gasteiger partial charge in [0.15, 0.2) is 6.04 Å². The van der Waals surface area contributed by atoms with Crippen LogP contribution in [0.1, 0.15) is 19.3 Å². The Kier molecular flexibility index (Phi) is 2.63. The lowest BCUT2D eigenvalue weighted by Gasteiger charge is -2.10. The second kappa shape index (κ2) is 3.79. The van der Waals surface area contributed by atoms with Crippen molar-refractivity contribution >= 4 is 11.9 Å². The molecule has 2 saturated carbocycles. The molecule has 0 aliphatic heterocycles. The van der Waals surface area contributed by atoms with E-state index in [4.69, 9.17) is 5.11 Å². The SMILES string of the molecule is O=C(O)C(CF)NC(=O)C1CC1C1CC1. The fraction of sp³-hybridized carbons (Fsp3) is 0.800. The van der Waals surface area contributed by atoms with E-state index in [2.05, 4.69) is 5.32 Å². The van der Waals surface area contributed by atoms with Crippen LogP contribution in [0.5, 0.6) is 0 Å². The minimum absolute atomic E-state index is 0.0640. The number of aliphatic carboxylic acids is 1. The van der Waals surface area contributed by atoms with Crippen molar-refractivity contribution in [2.45, 2.75) is 25.3 Å². The average Bonchev–Trinajstić information content (AvgIpc) is 3.03. The molecule has 2 fully saturated rings. The van der Waals surface area contributed by atoms with Crippen LogP contribution in [0.3, 0.4) is 0 Å². The molecule has 2 rings (SSSR count). The summed E-state index contributed by atoms with van der Waals surface area (Å²) in [5.74, 6) is -0.578. The maximum atomic E-state index is 12.2. The topological polar surface area (TPSA) is 66.4 Å². The number of carboxylic acid groups (broad SMARTS) is 1. The zero-order valence-corrected chi connectivity index (χ0v) is 8.28. The van der Waals surface area contributed by atoms with Gasteiger partial charge < -0.3 is 10.4 Å². The van der Waals surface area contributed by atoms with Gasteiger partial charge in [-0.2, -0.15) is 0 Å². The van der Waals surface area contributed by atoms with Gasteiger partial charge in [0.2, 0.25) is 5.91 Å². The number of hydrogen-bond acceptors (Lipinski definition) is 2. The van der Waals surface area contributed by atoms with Crippen LogP contribution in [-0.2, 0) is 9.59 Å². The normalized spacial score (nSPS) is 30.7. The van der Waals surface area contributed by atoms with Crippen LogP contribution < -0.4 is 5.32 Å². The highest BCUT2D eigenvalue weighted by Gasteiger charge is 2.51. The third-order valence-corrected chi connectivity index (χ3v) is 3.17. The molecular formula is C10H14FNO3. The molecule has 84 valence electrons. The number of halogens is 1. The molecular weight excluding hydrogens is 201 g/mol. The summed E-state index contributed by atoms with van der Waals surface area (Å²) in [6.07, 6.45) is 3.20. The van der Waals surface area contributed by atoms with Gasteiger partial charge in [0.25, 0.3) is 0 Å². The molecule has 0 aromatic rings. The molecule has 0 spiro atoms. The molecule has 0 aromatic heterocycles. The van der Waals surface area contributed by atoms with Gasteiger partial charge in [-0.3, -0.25) is 4.79 Å². The molecule has 3 atom stereocenters. The predicted octanol–water partition coefficient (Wildman–Crippen LogP) is 0.571. The van der Waals surface area contributed by atoms with E-state index in [1.807, 2.05) is 0 Å². The number of nitrogens with one attached hydrogen (secondary N) is 1. The Labute approximate surface area is 86.8 Å². The lowest BCUT2D eigenvalue weighted by atomic mass is 10.2. The summed E-state index contributed by atoms with van der Waals surface area (Å²) in [4.78, 5) is 22.0. The number of carbonyl (C=O) groups is 2. The largest absolute Gasteiger partial charge is 0.480 e. The van der Waals surface area contributed by atoms with E-state index < -0.39 is 18.7 Å². The fourth-order valence-electron chi connectivity index (χ4n) is 2.01. The molecule has 0 heterocycles. The molecule has 0 radical (unpaired) electrons. The molecule has 2 aliphatic rings. The number of hydrogen-bond donors (Lipinski definition) is 2. The van der Waals surface area contributed by atoms with Crippen molar-refractivity contribution < 1.29 is 19.1 Å². The third kappa shape index (κ3) is 2.27. The van der Waals surface area contributed by atoms with Crippen LogP contribution in [0, 0.1) is 17.8 Å². The second-order valence-corrected chi connectivity index (χ2v) is 4.40. The van der Waals surface area contributed by atoms with Crippen molar-refractivity contribution in [3.05, 3.63) is 0 Å². The van der Waals surface area contributed by atoms with E-state index >= 15 is 0 Å². The first-order chi connectivity index (χ1) is 7.13. The molecule has 2 aliphatic carbocycles. The van der Waals surface area contributed by atoms with Gasteiger partial charge >= 0.3 is 5.97 Å². The van der Waals surface area contributed by atoms with Crippen LogP contribution in [0.2, 0.25) is 0 Å². The first kappa shape index (κ1) is 10.4. The smallest absolute Gasteiger partial charge is 0.328 e. The maximum Gasteiger partial charge on any atom is 0.328 e. The number of carbonyl (C=O) groups excluding carboxylic acids is 1. The van der Waals surface area contributed by atoms with Gasteiger partial charge in [0.1, 0.15) is 6.67 Å². The van der Waals surface area contributed by atoms with Crippen molar-refractivity contribution in [2.75, 3.05) is 6.67 Å². The second-order valence-electron chi connectivity index (χ2n) is 4.40. The van der Waals surface area contributed by atoms with Crippen LogP contribution in [0.25, 0.3) is 0 Å². The Morgan fingerprint density at radius 3 is 2.60 bits per heavy atom. The van der Waals surface area contributed by atoms with Crippen molar-refractivity contribution in [3.8, 4) is 0 Å². The number of alkyl halides is 1. The maximum absolute atomic E-state index is 12.2. The number of rotatable bonds is 5. The highest BCUT2D eigenvalue weighted by atomic mass is 19.1. The lowest BCUT2D eigenvalue weighted by Crippen LogP contribution is -2.43. The van der Waals surface area contributed by atoms with Crippen LogP contribution in [0.4, 0.5) is 4.39 Å². The highest BCUT2D eigenvalue weighted by molar-refractivity contribution is 5.86. The molecule has 3 unspecified atom stereocenters. The standard InChI is InChI=1S/C10H14FNO3/c11-4-8(10(14)15)12-9(13)7-3-6(7)5-1-2-5/h5-8H,1-4H2,(H,12,13)(H,14,15). The molecule has 5 heteroatoms. The van der Waals surface area contributed by atoms with E-state index in [0.717, 1.165) is 6.42 Å². The zero-order chi connectivity index (χ0) is 11.0. The lowest BCUT2D eigenvalue weighted by molar-refractivity contribution is -0.142. The zero-order valence-electron chi connectivity index (χ0n) is 8.28. The monoisotopic (exact) mass is 215 g/mol. The van der Waals surface area contributed by atoms with Gasteiger partial charge in [-0.15, -0.1) is 0 Å². The van der Waals surface area contributed by atoms with E-state index in [1.54, 1.807) is 0 Å². The predicted molar refractivity (Wildman–Crippen MR) is 49.9 cm³/mol. The van der Waals surface area contributed by atoms with Crippen LogP contribution in [-0.4, -0.2) is 29.7 Å². The Hall–Kier alpha value is -1.13. The van der Waals surface area contributed by atoms with Gasteiger partial charge in [0, 0.05) is 5.92 Å². The number of amides is 1. The first-order valence-electron chi connectivity index (χ1n) is 5.22. The van der Waals surface area contributed by atoms with Gasteiger partial charge in [-0.1, -0.05) is 0 Å². The summed E-state index contributed by atoms with van der Waals surface area (Å²) >= 11 is 0. The van der Waals surface area contributed by atoms with E-state index in [0.29, 0.717) is 11.8 Å². The molecule has 0 saturated heterocycles. The Morgan fingerprint density at radius 1 is 1.47 bits per heavy atom. The summed E-state index contributed by atoms with van der Waals surface area (Å²) in [7, 11) is 0. The minimum atomic E-state index is -1.38. The molecule has 15 heavy (non-hydrogen) atoms. The summed E-state index contributed by atoms with van der Waals surface area (Å²) in [5.41, 5.74) is 0. The molecule has 4 nitrogen and oxygen atoms in total. The molecule has 0 aromatic carbocycles. The van der Waals surface area contributed by atoms with Gasteiger partial charge in [-0.05, 0) is 31.1 Å². The molecule has 2 N–H and O–H groups in total. The van der Waals surface area contributed by atoms with Gasteiger partial charge in [-0.25, -0.2) is 9.18 Å². The quantitative estimate of drug-likeness (QED) is 0.704. The summed E-state index contributed by atoms with van der Waals surface area (Å²) in [6.45, 7) is -1.05. The first-order valence-corrected chi connectivity index (χ1v) is 5.22. The van der Waals surface area contributed by atoms with Gasteiger partial charge in [0.05, 0.1) is 0 Å². The summed E-state index contributed by atoms with van der Waals surface area (Å²) < 4.78 is 12.2. The van der Waals surface area contributed by atoms with Crippen LogP contribution >= 0.6 is 0 Å². The third-order valence-electron chi connectivity index (χ3n) is 3.17. The summed E-state index contributed by atoms with van der Waals surface area (Å²) in [6, 6.07) is -1.38. The fourth-order valence-corrected chi connectivity index (χ4v) is 2.01. The van der Waals surface area contributed by atoms with Crippen molar-refractivity contribution in [1.29, 1.82) is 0 Å². The number of carboxylic acids is 1. The minimum Gasteiger partial charge on any atom is -0.480 e. The Bertz CT molecular complexity index is 290. The highest BCUT2D eigenvalue weighted by Crippen LogP contribution is 2.54. The van der Waals surface area contributed by atoms with E-state index in [1.165, 1.54) is 12.8 Å². The Balaban J connectivity index is 1.79. The molecule has 1 amide bonds. The van der Waals surface area contributed by atoms with Crippen molar-refractivity contribution in [2.24, 2.45) is 17.8 Å². The molecule has 0 bridgehead atoms. The van der Waals surface area contributed by atoms with Crippen molar-refractivity contribution in [1.82, 2.24) is 5.32 Å². The Morgan fingerprint density at radius 2 is 2.13 bits per heavy atom. The van der Waals surface area contributed by atoms with Crippen LogP contribution in [0.15, 0.2) is 0 Å². The summed E-state index contributed by atoms with van der Waals surface area (Å²) in [5, 5.41) is 10.8.